The first-order chi connectivity index (χ1) is 7.29. The first-order valence-electron chi connectivity index (χ1n) is 5.57. The molecule has 0 saturated carbocycles. The highest BCUT2D eigenvalue weighted by Crippen LogP contribution is 2.39. The van der Waals surface area contributed by atoms with Crippen molar-refractivity contribution in [2.75, 3.05) is 0 Å². The van der Waals surface area contributed by atoms with Crippen LogP contribution in [0.1, 0.15) is 20.8 Å². The number of allylic oxidation sites excluding steroid dienone is 4. The molecule has 1 aliphatic carbocycles. The van der Waals surface area contributed by atoms with Gasteiger partial charge in [-0.3, -0.25) is 0 Å². The molecule has 0 bridgehead atoms. The third-order valence-corrected chi connectivity index (χ3v) is 3.27. The van der Waals surface area contributed by atoms with E-state index in [-0.39, 0.29) is 0 Å². The quantitative estimate of drug-likeness (QED) is 0.731. The zero-order chi connectivity index (χ0) is 10.8. The van der Waals surface area contributed by atoms with Crippen molar-refractivity contribution < 1.29 is 0 Å². The Balaban J connectivity index is 2.39. The fourth-order valence-corrected chi connectivity index (χ4v) is 2.53. The maximum absolute atomic E-state index is 4.18. The Bertz CT molecular complexity index is 361. The third kappa shape index (κ3) is 1.54. The summed E-state index contributed by atoms with van der Waals surface area (Å²) in [6.45, 7) is 6.42. The van der Waals surface area contributed by atoms with Gasteiger partial charge in [0.1, 0.15) is 0 Å². The van der Waals surface area contributed by atoms with Gasteiger partial charge in [0.15, 0.2) is 0 Å². The number of nitrogens with zero attached hydrogens (tertiary/aromatic N) is 1. The largest absolute Gasteiger partial charge is 0.302 e. The van der Waals surface area contributed by atoms with Crippen LogP contribution in [-0.2, 0) is 0 Å². The second-order valence-corrected chi connectivity index (χ2v) is 4.16. The molecule has 0 aromatic carbocycles. The zero-order valence-corrected chi connectivity index (χ0v) is 9.57. The minimum atomic E-state index is 0.391. The van der Waals surface area contributed by atoms with Crippen LogP contribution in [0, 0.1) is 11.8 Å². The van der Waals surface area contributed by atoms with E-state index in [1.165, 1.54) is 11.1 Å². The molecule has 80 valence electrons. The zero-order valence-electron chi connectivity index (χ0n) is 9.57. The highest BCUT2D eigenvalue weighted by atomic mass is 15.3. The van der Waals surface area contributed by atoms with Gasteiger partial charge >= 0.3 is 0 Å². The lowest BCUT2D eigenvalue weighted by Gasteiger charge is -2.13. The fourth-order valence-electron chi connectivity index (χ4n) is 2.53. The summed E-state index contributed by atoms with van der Waals surface area (Å²) in [5.74, 6) is 1.10. The van der Waals surface area contributed by atoms with E-state index in [0.717, 1.165) is 0 Å². The van der Waals surface area contributed by atoms with Crippen LogP contribution >= 0.6 is 0 Å². The molecule has 0 radical (unpaired) electrons. The van der Waals surface area contributed by atoms with Crippen molar-refractivity contribution in [3.63, 3.8) is 0 Å². The van der Waals surface area contributed by atoms with E-state index >= 15 is 0 Å². The number of nitrogens with one attached hydrogen (secondary N) is 1. The summed E-state index contributed by atoms with van der Waals surface area (Å²) >= 11 is 0. The molecular weight excluding hydrogens is 184 g/mol. The van der Waals surface area contributed by atoms with Crippen LogP contribution in [0.3, 0.4) is 0 Å². The molecule has 0 aromatic heterocycles. The molecule has 0 fully saturated rings. The summed E-state index contributed by atoms with van der Waals surface area (Å²) in [5, 5.41) is 4.18. The molecule has 0 aromatic rings. The van der Waals surface area contributed by atoms with Gasteiger partial charge in [-0.2, -0.15) is 5.10 Å². The summed E-state index contributed by atoms with van der Waals surface area (Å²) < 4.78 is 0. The summed E-state index contributed by atoms with van der Waals surface area (Å²) in [5.41, 5.74) is 6.04. The fraction of sp³-hybridized carbons (Fsp3) is 0.462. The Morgan fingerprint density at radius 2 is 1.87 bits per heavy atom. The van der Waals surface area contributed by atoms with Gasteiger partial charge in [-0.25, -0.2) is 0 Å². The molecule has 15 heavy (non-hydrogen) atoms. The van der Waals surface area contributed by atoms with Crippen LogP contribution in [0.15, 0.2) is 40.6 Å². The molecule has 0 amide bonds. The monoisotopic (exact) mass is 202 g/mol. The van der Waals surface area contributed by atoms with Gasteiger partial charge in [-0.1, -0.05) is 31.2 Å². The maximum Gasteiger partial charge on any atom is 0.0776 e. The van der Waals surface area contributed by atoms with Crippen molar-refractivity contribution in [3.8, 4) is 0 Å². The lowest BCUT2D eigenvalue weighted by atomic mass is 9.92. The SMILES string of the molecule is C/C=C\C1=C(/C=C\C)C2NN=CC2C1C. The molecule has 1 N–H and O–H groups in total. The number of hydrazone groups is 1. The number of hydrogen-bond donors (Lipinski definition) is 1. The molecule has 0 spiro atoms. The molecule has 1 aliphatic heterocycles. The van der Waals surface area contributed by atoms with Crippen molar-refractivity contribution in [1.82, 2.24) is 5.43 Å². The molecule has 2 heteroatoms. The van der Waals surface area contributed by atoms with Gasteiger partial charge in [0, 0.05) is 12.1 Å². The van der Waals surface area contributed by atoms with Crippen LogP contribution in [0.5, 0.6) is 0 Å². The van der Waals surface area contributed by atoms with Crippen LogP contribution in [0.25, 0.3) is 0 Å². The van der Waals surface area contributed by atoms with Gasteiger partial charge in [-0.05, 0) is 30.9 Å². The Morgan fingerprint density at radius 3 is 2.53 bits per heavy atom. The lowest BCUT2D eigenvalue weighted by molar-refractivity contribution is 0.499. The molecule has 3 unspecified atom stereocenters. The van der Waals surface area contributed by atoms with E-state index in [4.69, 9.17) is 0 Å². The van der Waals surface area contributed by atoms with E-state index in [9.17, 15) is 0 Å². The number of fused-ring (bicyclic) bond motifs is 1. The molecular formula is C13H18N2. The molecule has 0 saturated heterocycles. The highest BCUT2D eigenvalue weighted by molar-refractivity contribution is 5.70. The molecule has 1 heterocycles. The second kappa shape index (κ2) is 4.05. The maximum atomic E-state index is 4.18. The van der Waals surface area contributed by atoms with Gasteiger partial charge in [0.2, 0.25) is 0 Å². The highest BCUT2D eigenvalue weighted by Gasteiger charge is 2.39. The predicted molar refractivity (Wildman–Crippen MR) is 64.7 cm³/mol. The average Bonchev–Trinajstić information content (AvgIpc) is 2.77. The van der Waals surface area contributed by atoms with Gasteiger partial charge < -0.3 is 5.43 Å². The average molecular weight is 202 g/mol. The van der Waals surface area contributed by atoms with Gasteiger partial charge in [0.05, 0.1) is 6.04 Å². The van der Waals surface area contributed by atoms with E-state index in [2.05, 4.69) is 61.8 Å². The van der Waals surface area contributed by atoms with Crippen molar-refractivity contribution in [3.05, 3.63) is 35.5 Å². The van der Waals surface area contributed by atoms with Gasteiger partial charge in [0.25, 0.3) is 0 Å². The summed E-state index contributed by atoms with van der Waals surface area (Å²) in [6.07, 6.45) is 10.7. The molecule has 2 rings (SSSR count). The smallest absolute Gasteiger partial charge is 0.0776 e. The number of hydrogen-bond acceptors (Lipinski definition) is 2. The van der Waals surface area contributed by atoms with Crippen LogP contribution in [0.2, 0.25) is 0 Å². The van der Waals surface area contributed by atoms with Crippen molar-refractivity contribution >= 4 is 6.21 Å². The first kappa shape index (κ1) is 10.2. The van der Waals surface area contributed by atoms with E-state index in [1.54, 1.807) is 0 Å². The lowest BCUT2D eigenvalue weighted by Crippen LogP contribution is -2.26. The van der Waals surface area contributed by atoms with Gasteiger partial charge in [-0.15, -0.1) is 0 Å². The topological polar surface area (TPSA) is 24.4 Å². The normalized spacial score (nSPS) is 34.5. The standard InChI is InChI=1S/C13H18N2/c1-4-6-10-9(3)12-8-14-15-13(12)11(10)7-5-2/h4-9,12-13,15H,1-3H3/b6-4-,7-5-. The predicted octanol–water partition coefficient (Wildman–Crippen LogP) is 2.66. The molecule has 2 nitrogen and oxygen atoms in total. The molecule has 2 aliphatic rings. The van der Waals surface area contributed by atoms with E-state index < -0.39 is 0 Å². The minimum Gasteiger partial charge on any atom is -0.302 e. The Labute approximate surface area is 91.5 Å². The Morgan fingerprint density at radius 1 is 1.20 bits per heavy atom. The van der Waals surface area contributed by atoms with Crippen molar-refractivity contribution in [1.29, 1.82) is 0 Å². The minimum absolute atomic E-state index is 0.391. The Hall–Kier alpha value is -1.31. The summed E-state index contributed by atoms with van der Waals surface area (Å²) in [6, 6.07) is 0.391. The van der Waals surface area contributed by atoms with Crippen molar-refractivity contribution in [2.24, 2.45) is 16.9 Å². The van der Waals surface area contributed by atoms with Crippen LogP contribution in [-0.4, -0.2) is 12.3 Å². The molecule has 3 atom stereocenters. The van der Waals surface area contributed by atoms with Crippen LogP contribution in [0.4, 0.5) is 0 Å². The third-order valence-electron chi connectivity index (χ3n) is 3.27. The van der Waals surface area contributed by atoms with E-state index in [1.807, 2.05) is 0 Å². The summed E-state index contributed by atoms with van der Waals surface area (Å²) in [7, 11) is 0. The second-order valence-electron chi connectivity index (χ2n) is 4.16. The van der Waals surface area contributed by atoms with Crippen molar-refractivity contribution in [2.45, 2.75) is 26.8 Å². The van der Waals surface area contributed by atoms with E-state index in [0.29, 0.717) is 17.9 Å². The summed E-state index contributed by atoms with van der Waals surface area (Å²) in [4.78, 5) is 0. The first-order valence-corrected chi connectivity index (χ1v) is 5.57. The number of rotatable bonds is 2. The van der Waals surface area contributed by atoms with Crippen LogP contribution < -0.4 is 5.43 Å². The Kier molecular flexibility index (Phi) is 2.76.